The van der Waals surface area contributed by atoms with Crippen molar-refractivity contribution in [2.75, 3.05) is 13.7 Å². The van der Waals surface area contributed by atoms with Gasteiger partial charge >= 0.3 is 0 Å². The molecule has 78 valence electrons. The molecule has 0 unspecified atom stereocenters. The number of ether oxygens (including phenoxy) is 1. The minimum absolute atomic E-state index is 0.0820. The smallest absolute Gasteiger partial charge is 0.207 e. The Morgan fingerprint density at radius 3 is 2.71 bits per heavy atom. The Labute approximate surface area is 82.3 Å². The van der Waals surface area contributed by atoms with Crippen LogP contribution in [0.4, 0.5) is 4.39 Å². The van der Waals surface area contributed by atoms with E-state index in [4.69, 9.17) is 10.5 Å². The molecule has 0 atom stereocenters. The Morgan fingerprint density at radius 1 is 1.57 bits per heavy atom. The summed E-state index contributed by atoms with van der Waals surface area (Å²) in [5.74, 6) is -0.989. The third-order valence-corrected chi connectivity index (χ3v) is 2.08. The van der Waals surface area contributed by atoms with Crippen molar-refractivity contribution in [1.82, 2.24) is 0 Å². The molecule has 0 spiro atoms. The van der Waals surface area contributed by atoms with E-state index in [2.05, 4.69) is 0 Å². The number of halogens is 1. The van der Waals surface area contributed by atoms with Gasteiger partial charge in [0.15, 0.2) is 11.5 Å². The quantitative estimate of drug-likeness (QED) is 0.772. The number of hydrogen-bond donors (Lipinski definition) is 2. The van der Waals surface area contributed by atoms with E-state index < -0.39 is 5.82 Å². The first-order chi connectivity index (χ1) is 6.61. The molecule has 0 aliphatic carbocycles. The first-order valence-electron chi connectivity index (χ1n) is 4.36. The van der Waals surface area contributed by atoms with Gasteiger partial charge in [-0.05, 0) is 37.1 Å². The fourth-order valence-electron chi connectivity index (χ4n) is 1.38. The van der Waals surface area contributed by atoms with Crippen molar-refractivity contribution in [3.05, 3.63) is 23.0 Å². The molecule has 0 radical (unpaired) electrons. The molecule has 0 aliphatic rings. The minimum Gasteiger partial charge on any atom is -0.505 e. The monoisotopic (exact) mass is 199 g/mol. The third-order valence-electron chi connectivity index (χ3n) is 2.08. The van der Waals surface area contributed by atoms with Crippen LogP contribution in [0.5, 0.6) is 11.5 Å². The fourth-order valence-corrected chi connectivity index (χ4v) is 1.38. The van der Waals surface area contributed by atoms with Crippen LogP contribution in [0.3, 0.4) is 0 Å². The zero-order valence-corrected chi connectivity index (χ0v) is 8.30. The van der Waals surface area contributed by atoms with Crippen LogP contribution in [0.15, 0.2) is 6.07 Å². The summed E-state index contributed by atoms with van der Waals surface area (Å²) in [4.78, 5) is 0. The van der Waals surface area contributed by atoms with Crippen molar-refractivity contribution in [3.63, 3.8) is 0 Å². The van der Waals surface area contributed by atoms with Crippen molar-refractivity contribution in [2.45, 2.75) is 13.3 Å². The molecule has 1 aromatic rings. The van der Waals surface area contributed by atoms with Crippen molar-refractivity contribution in [1.29, 1.82) is 0 Å². The highest BCUT2D eigenvalue weighted by Crippen LogP contribution is 2.32. The lowest BCUT2D eigenvalue weighted by atomic mass is 10.1. The highest BCUT2D eigenvalue weighted by Gasteiger charge is 2.15. The molecule has 0 aliphatic heterocycles. The van der Waals surface area contributed by atoms with E-state index >= 15 is 0 Å². The van der Waals surface area contributed by atoms with Crippen LogP contribution in [0.25, 0.3) is 0 Å². The summed E-state index contributed by atoms with van der Waals surface area (Å²) >= 11 is 0. The summed E-state index contributed by atoms with van der Waals surface area (Å²) in [5, 5.41) is 9.32. The van der Waals surface area contributed by atoms with Crippen LogP contribution in [0.1, 0.15) is 11.1 Å². The van der Waals surface area contributed by atoms with Gasteiger partial charge in [0.25, 0.3) is 0 Å². The first kappa shape index (κ1) is 10.8. The highest BCUT2D eigenvalue weighted by molar-refractivity contribution is 5.47. The molecular weight excluding hydrogens is 185 g/mol. The predicted molar refractivity (Wildman–Crippen MR) is 52.1 cm³/mol. The number of hydrogen-bond acceptors (Lipinski definition) is 3. The van der Waals surface area contributed by atoms with Gasteiger partial charge < -0.3 is 15.6 Å². The Bertz CT molecular complexity index is 339. The Kier molecular flexibility index (Phi) is 3.30. The van der Waals surface area contributed by atoms with E-state index in [0.29, 0.717) is 24.1 Å². The van der Waals surface area contributed by atoms with Gasteiger partial charge in [0.1, 0.15) is 0 Å². The molecule has 0 saturated heterocycles. The molecule has 0 heterocycles. The average molecular weight is 199 g/mol. The van der Waals surface area contributed by atoms with Crippen molar-refractivity contribution in [3.8, 4) is 11.5 Å². The van der Waals surface area contributed by atoms with Crippen LogP contribution in [-0.4, -0.2) is 18.8 Å². The maximum absolute atomic E-state index is 13.4. The third kappa shape index (κ3) is 1.80. The van der Waals surface area contributed by atoms with Gasteiger partial charge in [0.2, 0.25) is 5.82 Å². The second kappa shape index (κ2) is 4.28. The summed E-state index contributed by atoms with van der Waals surface area (Å²) in [6, 6.07) is 1.68. The lowest BCUT2D eigenvalue weighted by Gasteiger charge is -2.11. The SMILES string of the molecule is COc1c(CCN)cc(C)c(O)c1F. The van der Waals surface area contributed by atoms with E-state index in [-0.39, 0.29) is 11.5 Å². The molecule has 0 fully saturated rings. The van der Waals surface area contributed by atoms with Crippen LogP contribution >= 0.6 is 0 Å². The summed E-state index contributed by atoms with van der Waals surface area (Å²) < 4.78 is 18.3. The second-order valence-corrected chi connectivity index (χ2v) is 3.09. The number of benzene rings is 1. The number of methoxy groups -OCH3 is 1. The molecule has 4 heteroatoms. The normalized spacial score (nSPS) is 10.3. The Morgan fingerprint density at radius 2 is 2.21 bits per heavy atom. The highest BCUT2D eigenvalue weighted by atomic mass is 19.1. The van der Waals surface area contributed by atoms with Gasteiger partial charge in [-0.15, -0.1) is 0 Å². The molecule has 14 heavy (non-hydrogen) atoms. The zero-order chi connectivity index (χ0) is 10.7. The molecule has 3 nitrogen and oxygen atoms in total. The molecule has 1 rings (SSSR count). The lowest BCUT2D eigenvalue weighted by Crippen LogP contribution is -2.06. The maximum Gasteiger partial charge on any atom is 0.207 e. The van der Waals surface area contributed by atoms with Gasteiger partial charge in [-0.25, -0.2) is 0 Å². The summed E-state index contributed by atoms with van der Waals surface area (Å²) in [7, 11) is 1.37. The fraction of sp³-hybridized carbons (Fsp3) is 0.400. The van der Waals surface area contributed by atoms with Crippen LogP contribution in [0, 0.1) is 12.7 Å². The summed E-state index contributed by atoms with van der Waals surface area (Å²) in [6.07, 6.45) is 0.529. The lowest BCUT2D eigenvalue weighted by molar-refractivity contribution is 0.359. The van der Waals surface area contributed by atoms with E-state index in [9.17, 15) is 9.50 Å². The van der Waals surface area contributed by atoms with Gasteiger partial charge in [-0.1, -0.05) is 0 Å². The number of aryl methyl sites for hydroxylation is 1. The van der Waals surface area contributed by atoms with E-state index in [1.807, 2.05) is 0 Å². The largest absolute Gasteiger partial charge is 0.505 e. The van der Waals surface area contributed by atoms with Crippen molar-refractivity contribution < 1.29 is 14.2 Å². The average Bonchev–Trinajstić information content (AvgIpc) is 2.16. The summed E-state index contributed by atoms with van der Waals surface area (Å²) in [6.45, 7) is 2.05. The summed E-state index contributed by atoms with van der Waals surface area (Å²) in [5.41, 5.74) is 6.56. The standard InChI is InChI=1S/C10H14FNO2/c1-6-5-7(3-4-12)10(14-2)8(11)9(6)13/h5,13H,3-4,12H2,1-2H3. The van der Waals surface area contributed by atoms with Crippen molar-refractivity contribution >= 4 is 0 Å². The Hall–Kier alpha value is -1.29. The van der Waals surface area contributed by atoms with Gasteiger partial charge in [0, 0.05) is 0 Å². The van der Waals surface area contributed by atoms with Gasteiger partial charge in [-0.2, -0.15) is 4.39 Å². The number of nitrogens with two attached hydrogens (primary N) is 1. The van der Waals surface area contributed by atoms with Crippen LogP contribution < -0.4 is 10.5 Å². The van der Waals surface area contributed by atoms with Crippen LogP contribution in [-0.2, 0) is 6.42 Å². The molecule has 3 N–H and O–H groups in total. The van der Waals surface area contributed by atoms with E-state index in [0.717, 1.165) is 0 Å². The second-order valence-electron chi connectivity index (χ2n) is 3.09. The number of rotatable bonds is 3. The maximum atomic E-state index is 13.4. The molecule has 0 aromatic heterocycles. The minimum atomic E-state index is -0.712. The molecule has 1 aromatic carbocycles. The van der Waals surface area contributed by atoms with E-state index in [1.54, 1.807) is 13.0 Å². The Balaban J connectivity index is 3.28. The molecule has 0 bridgehead atoms. The number of aromatic hydroxyl groups is 1. The molecular formula is C10H14FNO2. The van der Waals surface area contributed by atoms with E-state index in [1.165, 1.54) is 7.11 Å². The van der Waals surface area contributed by atoms with Crippen LogP contribution in [0.2, 0.25) is 0 Å². The van der Waals surface area contributed by atoms with Gasteiger partial charge in [0.05, 0.1) is 7.11 Å². The number of phenolic OH excluding ortho intramolecular Hbond substituents is 1. The zero-order valence-electron chi connectivity index (χ0n) is 8.30. The predicted octanol–water partition coefficient (Wildman–Crippen LogP) is 1.35. The molecule has 0 saturated carbocycles. The van der Waals surface area contributed by atoms with Gasteiger partial charge in [-0.3, -0.25) is 0 Å². The van der Waals surface area contributed by atoms with Crippen molar-refractivity contribution in [2.24, 2.45) is 5.73 Å². The molecule has 0 amide bonds. The number of phenols is 1. The first-order valence-corrected chi connectivity index (χ1v) is 4.36. The topological polar surface area (TPSA) is 55.5 Å².